The van der Waals surface area contributed by atoms with Crippen LogP contribution in [0.25, 0.3) is 10.6 Å². The number of halogens is 1. The van der Waals surface area contributed by atoms with Gasteiger partial charge in [-0.2, -0.15) is 0 Å². The van der Waals surface area contributed by atoms with E-state index in [2.05, 4.69) is 22.4 Å². The van der Waals surface area contributed by atoms with Crippen LogP contribution in [0.3, 0.4) is 0 Å². The molecule has 4 rings (SSSR count). The van der Waals surface area contributed by atoms with Gasteiger partial charge in [0.2, 0.25) is 5.91 Å². The Balaban J connectivity index is 0.00000576. The number of benzene rings is 1. The highest BCUT2D eigenvalue weighted by atomic mass is 35.5. The number of thioether (sulfide) groups is 2. The van der Waals surface area contributed by atoms with Crippen LogP contribution < -0.4 is 14.8 Å². The van der Waals surface area contributed by atoms with Crippen molar-refractivity contribution in [1.29, 1.82) is 0 Å². The number of aromatic nitrogens is 2. The normalized spacial score (nSPS) is 27.8. The number of amides is 1. The van der Waals surface area contributed by atoms with Gasteiger partial charge in [0, 0.05) is 17.9 Å². The van der Waals surface area contributed by atoms with Crippen molar-refractivity contribution in [2.45, 2.75) is 84.6 Å². The molecule has 0 saturated carbocycles. The van der Waals surface area contributed by atoms with Crippen LogP contribution in [0.1, 0.15) is 33.1 Å². The summed E-state index contributed by atoms with van der Waals surface area (Å²) in [4.78, 5) is 27.1. The number of nitro groups is 1. The molecule has 0 radical (unpaired) electrons. The van der Waals surface area contributed by atoms with E-state index in [0.717, 1.165) is 30.7 Å². The predicted molar refractivity (Wildman–Crippen MR) is 179 cm³/mol. The van der Waals surface area contributed by atoms with Crippen molar-refractivity contribution in [3.05, 3.63) is 22.2 Å². The first-order chi connectivity index (χ1) is 21.4. The largest absolute Gasteiger partial charge is 0.493 e. The number of likely N-dealkylation sites (N-methyl/N-ethyl adjacent to an activating group) is 1. The molecular weight excluding hydrogens is 682 g/mol. The lowest BCUT2D eigenvalue weighted by Gasteiger charge is -2.44. The summed E-state index contributed by atoms with van der Waals surface area (Å²) >= 11 is 3.56. The minimum absolute atomic E-state index is 0. The maximum atomic E-state index is 13.7. The van der Waals surface area contributed by atoms with Crippen LogP contribution in [0.4, 0.5) is 5.69 Å². The van der Waals surface area contributed by atoms with Gasteiger partial charge in [-0.25, -0.2) is 0 Å². The van der Waals surface area contributed by atoms with Gasteiger partial charge in [-0.15, -0.1) is 34.4 Å². The van der Waals surface area contributed by atoms with Crippen LogP contribution in [-0.2, 0) is 9.53 Å². The van der Waals surface area contributed by atoms with E-state index < -0.39 is 46.1 Å². The van der Waals surface area contributed by atoms with Crippen molar-refractivity contribution in [3.8, 4) is 22.1 Å². The van der Waals surface area contributed by atoms with E-state index in [9.17, 15) is 30.2 Å². The van der Waals surface area contributed by atoms with Gasteiger partial charge < -0.3 is 34.8 Å². The van der Waals surface area contributed by atoms with Crippen molar-refractivity contribution >= 4 is 58.9 Å². The number of ether oxygens (including phenoxy) is 3. The molecule has 46 heavy (non-hydrogen) atoms. The average molecular weight is 724 g/mol. The summed E-state index contributed by atoms with van der Waals surface area (Å²) in [5.74, 6) is 0.680. The molecule has 9 atom stereocenters. The Kier molecular flexibility index (Phi) is 14.2. The quantitative estimate of drug-likeness (QED) is 0.134. The lowest BCUT2D eigenvalue weighted by Crippen LogP contribution is -2.65. The van der Waals surface area contributed by atoms with Crippen LogP contribution >= 0.6 is 47.3 Å². The molecule has 0 bridgehead atoms. The molecule has 18 heteroatoms. The third kappa shape index (κ3) is 8.36. The lowest BCUT2D eigenvalue weighted by atomic mass is 9.92. The number of aliphatic hydroxyl groups is 3. The molecule has 0 unspecified atom stereocenters. The fraction of sp³-hybridized carbons (Fsp3) is 0.679. The molecule has 2 aliphatic heterocycles. The third-order valence-electron chi connectivity index (χ3n) is 8.26. The summed E-state index contributed by atoms with van der Waals surface area (Å²) in [7, 11) is 4.73. The van der Waals surface area contributed by atoms with Crippen molar-refractivity contribution in [3.63, 3.8) is 0 Å². The number of rotatable bonds is 13. The SMILES string of the molecule is CCC[C@@H]1C[C@@H](C(=O)N[C@@H]([C@H]2O[C@H](SC)[C@H](O)[C@@H](O)[C@H]2O)[C@H](C)Sc2nnc(-c3cc(OC)c(OC)cc3[N+](=O)[O-])s2)N(C)C1.Cl. The summed E-state index contributed by atoms with van der Waals surface area (Å²) in [6.07, 6.45) is -0.863. The zero-order chi connectivity index (χ0) is 33.0. The first-order valence-corrected chi connectivity index (χ1v) is 17.6. The molecule has 2 saturated heterocycles. The molecule has 3 heterocycles. The fourth-order valence-electron chi connectivity index (χ4n) is 5.91. The number of nitrogens with one attached hydrogen (secondary N) is 1. The van der Waals surface area contributed by atoms with Crippen LogP contribution in [0, 0.1) is 16.0 Å². The Morgan fingerprint density at radius 2 is 1.89 bits per heavy atom. The van der Waals surface area contributed by atoms with E-state index in [-0.39, 0.29) is 46.4 Å². The summed E-state index contributed by atoms with van der Waals surface area (Å²) in [5.41, 5.74) is -0.849. The summed E-state index contributed by atoms with van der Waals surface area (Å²) in [5, 5.41) is 55.4. The highest BCUT2D eigenvalue weighted by Gasteiger charge is 2.49. The molecule has 2 aromatic rings. The molecular formula is C28H42ClN5O9S3. The van der Waals surface area contributed by atoms with Crippen LogP contribution in [0.2, 0.25) is 0 Å². The lowest BCUT2D eigenvalue weighted by molar-refractivity contribution is -0.384. The standard InChI is InChI=1S/C28H41N5O9S3.ClH/c1-7-8-14-9-17(32(3)12-14)25(37)29-20(24-22(35)21(34)23(36)27(42-24)43-6)13(2)44-28-31-30-26(45-28)15-10-18(40-4)19(41-5)11-16(15)33(38)39;/h10-11,13-14,17,20-24,27,34-36H,7-9,12H2,1-6H3,(H,29,37);1H/t13-,14+,17-,20+,21-,22+,23+,24+,27+;/m0./s1. The zero-order valence-electron chi connectivity index (χ0n) is 26.4. The second-order valence-electron chi connectivity index (χ2n) is 11.2. The van der Waals surface area contributed by atoms with Gasteiger partial charge in [-0.1, -0.05) is 43.4 Å². The monoisotopic (exact) mass is 723 g/mol. The smallest absolute Gasteiger partial charge is 0.283 e. The number of carbonyl (C=O) groups excluding carboxylic acids is 1. The predicted octanol–water partition coefficient (Wildman–Crippen LogP) is 2.81. The number of nitrogens with zero attached hydrogens (tertiary/aromatic N) is 4. The second-order valence-corrected chi connectivity index (χ2v) is 14.8. The van der Waals surface area contributed by atoms with Crippen LogP contribution in [0.5, 0.6) is 11.5 Å². The Bertz CT molecular complexity index is 1340. The van der Waals surface area contributed by atoms with E-state index in [1.807, 2.05) is 18.9 Å². The second kappa shape index (κ2) is 16.9. The molecule has 1 aromatic carbocycles. The van der Waals surface area contributed by atoms with Gasteiger partial charge in [-0.3, -0.25) is 19.8 Å². The van der Waals surface area contributed by atoms with Crippen LogP contribution in [-0.4, -0.2) is 123 Å². The molecule has 14 nitrogen and oxygen atoms in total. The van der Waals surface area contributed by atoms with Gasteiger partial charge in [0.05, 0.1) is 42.9 Å². The summed E-state index contributed by atoms with van der Waals surface area (Å²) in [6.45, 7) is 4.75. The number of likely N-dealkylation sites (tertiary alicyclic amines) is 1. The number of aliphatic hydroxyl groups excluding tert-OH is 3. The number of carbonyl (C=O) groups is 1. The van der Waals surface area contributed by atoms with E-state index in [4.69, 9.17) is 14.2 Å². The van der Waals surface area contributed by atoms with Gasteiger partial charge in [0.25, 0.3) is 5.69 Å². The number of hydrogen-bond acceptors (Lipinski definition) is 15. The van der Waals surface area contributed by atoms with Crippen molar-refractivity contribution in [1.82, 2.24) is 20.4 Å². The van der Waals surface area contributed by atoms with Crippen molar-refractivity contribution in [2.75, 3.05) is 34.1 Å². The first-order valence-electron chi connectivity index (χ1n) is 14.6. The van der Waals surface area contributed by atoms with E-state index in [1.54, 1.807) is 6.26 Å². The molecule has 1 amide bonds. The van der Waals surface area contributed by atoms with Gasteiger partial charge in [0.1, 0.15) is 29.9 Å². The fourth-order valence-corrected chi connectivity index (χ4v) is 8.85. The number of methoxy groups -OCH3 is 2. The molecule has 0 aliphatic carbocycles. The molecule has 4 N–H and O–H groups in total. The van der Waals surface area contributed by atoms with E-state index in [1.165, 1.54) is 49.9 Å². The third-order valence-corrected chi connectivity index (χ3v) is 11.4. The zero-order valence-corrected chi connectivity index (χ0v) is 29.7. The maximum absolute atomic E-state index is 13.7. The minimum Gasteiger partial charge on any atom is -0.493 e. The minimum atomic E-state index is -1.49. The highest BCUT2D eigenvalue weighted by molar-refractivity contribution is 8.01. The Hall–Kier alpha value is -1.96. The molecule has 1 aromatic heterocycles. The Morgan fingerprint density at radius 3 is 2.50 bits per heavy atom. The Labute approximate surface area is 286 Å². The van der Waals surface area contributed by atoms with E-state index in [0.29, 0.717) is 22.4 Å². The molecule has 0 spiro atoms. The average Bonchev–Trinajstić information content (AvgIpc) is 3.64. The summed E-state index contributed by atoms with van der Waals surface area (Å²) in [6, 6.07) is 1.57. The van der Waals surface area contributed by atoms with E-state index >= 15 is 0 Å². The van der Waals surface area contributed by atoms with Crippen LogP contribution in [0.15, 0.2) is 16.5 Å². The number of nitro benzene ring substituents is 1. The first kappa shape index (κ1) is 38.5. The Morgan fingerprint density at radius 1 is 1.22 bits per heavy atom. The number of hydrogen-bond donors (Lipinski definition) is 4. The topological polar surface area (TPSA) is 190 Å². The van der Waals surface area contributed by atoms with Crippen molar-refractivity contribution in [2.24, 2.45) is 5.92 Å². The van der Waals surface area contributed by atoms with Crippen molar-refractivity contribution < 1.29 is 39.2 Å². The highest BCUT2D eigenvalue weighted by Crippen LogP contribution is 2.43. The maximum Gasteiger partial charge on any atom is 0.283 e. The molecule has 258 valence electrons. The van der Waals surface area contributed by atoms with Gasteiger partial charge in [-0.05, 0) is 32.1 Å². The molecule has 2 fully saturated rings. The summed E-state index contributed by atoms with van der Waals surface area (Å²) < 4.78 is 17.1. The molecule has 2 aliphatic rings. The van der Waals surface area contributed by atoms with Gasteiger partial charge >= 0.3 is 0 Å². The van der Waals surface area contributed by atoms with Gasteiger partial charge in [0.15, 0.2) is 20.8 Å².